The number of nitrogens with zero attached hydrogens (tertiary/aromatic N) is 1. The summed E-state index contributed by atoms with van der Waals surface area (Å²) in [5.41, 5.74) is 1.06. The number of imide groups is 1. The molecular weight excluding hydrogens is 190 g/mol. The molecule has 0 aromatic heterocycles. The first kappa shape index (κ1) is 9.90. The van der Waals surface area contributed by atoms with E-state index in [9.17, 15) is 9.59 Å². The molecule has 1 aliphatic heterocycles. The van der Waals surface area contributed by atoms with E-state index in [0.717, 1.165) is 6.42 Å². The molecule has 15 heavy (non-hydrogen) atoms. The molecule has 0 spiro atoms. The standard InChI is InChI=1S/C12H13NO2/c1-3-8(2)13-11(14)9-6-4-5-7-10(9)12(13)15/h4-8H,3H2,1-2H3/t8-/m0/s1. The predicted octanol–water partition coefficient (Wildman–Crippen LogP) is 2.08. The highest BCUT2D eigenvalue weighted by Gasteiger charge is 2.37. The van der Waals surface area contributed by atoms with Crippen LogP contribution in [0.5, 0.6) is 0 Å². The second-order valence-electron chi connectivity index (χ2n) is 3.78. The lowest BCUT2D eigenvalue weighted by atomic mass is 10.1. The average Bonchev–Trinajstić information content (AvgIpc) is 2.52. The molecule has 1 aromatic carbocycles. The number of carbonyl (C=O) groups excluding carboxylic acids is 2. The van der Waals surface area contributed by atoms with E-state index < -0.39 is 0 Å². The Labute approximate surface area is 88.7 Å². The first-order valence-corrected chi connectivity index (χ1v) is 5.13. The second kappa shape index (κ2) is 3.50. The number of amides is 2. The Balaban J connectivity index is 2.45. The van der Waals surface area contributed by atoms with Crippen molar-refractivity contribution in [1.82, 2.24) is 4.90 Å². The molecule has 1 atom stereocenters. The Kier molecular flexibility index (Phi) is 2.31. The number of fused-ring (bicyclic) bond motifs is 1. The van der Waals surface area contributed by atoms with Crippen LogP contribution < -0.4 is 0 Å². The van der Waals surface area contributed by atoms with Gasteiger partial charge >= 0.3 is 0 Å². The summed E-state index contributed by atoms with van der Waals surface area (Å²) in [6.07, 6.45) is 0.783. The third-order valence-corrected chi connectivity index (χ3v) is 2.86. The molecule has 1 aromatic rings. The molecule has 0 radical (unpaired) electrons. The lowest BCUT2D eigenvalue weighted by molar-refractivity contribution is 0.0593. The van der Waals surface area contributed by atoms with Crippen molar-refractivity contribution in [2.75, 3.05) is 0 Å². The van der Waals surface area contributed by atoms with Crippen molar-refractivity contribution in [2.24, 2.45) is 0 Å². The van der Waals surface area contributed by atoms with Gasteiger partial charge < -0.3 is 0 Å². The van der Waals surface area contributed by atoms with Crippen LogP contribution in [-0.2, 0) is 0 Å². The minimum absolute atomic E-state index is 0.0302. The SMILES string of the molecule is CC[C@H](C)N1C(=O)c2ccccc2C1=O. The third kappa shape index (κ3) is 1.35. The van der Waals surface area contributed by atoms with Gasteiger partial charge in [-0.05, 0) is 25.5 Å². The molecule has 78 valence electrons. The van der Waals surface area contributed by atoms with E-state index in [1.54, 1.807) is 24.3 Å². The van der Waals surface area contributed by atoms with Gasteiger partial charge in [0.15, 0.2) is 0 Å². The molecule has 1 aliphatic rings. The van der Waals surface area contributed by atoms with Crippen molar-refractivity contribution in [3.63, 3.8) is 0 Å². The van der Waals surface area contributed by atoms with E-state index in [1.165, 1.54) is 4.90 Å². The zero-order chi connectivity index (χ0) is 11.0. The predicted molar refractivity (Wildman–Crippen MR) is 56.7 cm³/mol. The summed E-state index contributed by atoms with van der Waals surface area (Å²) in [4.78, 5) is 25.2. The molecule has 3 heteroatoms. The lowest BCUT2D eigenvalue weighted by Gasteiger charge is -2.20. The molecule has 0 saturated heterocycles. The summed E-state index contributed by atoms with van der Waals surface area (Å²) >= 11 is 0. The first-order valence-electron chi connectivity index (χ1n) is 5.13. The summed E-state index contributed by atoms with van der Waals surface area (Å²) in [6.45, 7) is 3.86. The van der Waals surface area contributed by atoms with Crippen LogP contribution in [0, 0.1) is 0 Å². The highest BCUT2D eigenvalue weighted by Crippen LogP contribution is 2.24. The van der Waals surface area contributed by atoms with E-state index in [4.69, 9.17) is 0 Å². The van der Waals surface area contributed by atoms with Crippen LogP contribution in [0.3, 0.4) is 0 Å². The maximum atomic E-state index is 11.9. The van der Waals surface area contributed by atoms with Crippen molar-refractivity contribution < 1.29 is 9.59 Å². The van der Waals surface area contributed by atoms with Gasteiger partial charge in [-0.15, -0.1) is 0 Å². The van der Waals surface area contributed by atoms with Gasteiger partial charge in [-0.3, -0.25) is 14.5 Å². The van der Waals surface area contributed by atoms with Crippen molar-refractivity contribution in [1.29, 1.82) is 0 Å². The van der Waals surface area contributed by atoms with Crippen LogP contribution in [0.2, 0.25) is 0 Å². The van der Waals surface area contributed by atoms with E-state index in [0.29, 0.717) is 11.1 Å². The molecule has 0 saturated carbocycles. The Morgan fingerprint density at radius 3 is 2.00 bits per heavy atom. The van der Waals surface area contributed by atoms with Gasteiger partial charge in [-0.1, -0.05) is 19.1 Å². The van der Waals surface area contributed by atoms with E-state index in [1.807, 2.05) is 13.8 Å². The molecule has 0 bridgehead atoms. The maximum absolute atomic E-state index is 11.9. The fourth-order valence-electron chi connectivity index (χ4n) is 1.79. The molecule has 2 amide bonds. The Morgan fingerprint density at radius 2 is 1.60 bits per heavy atom. The van der Waals surface area contributed by atoms with Crippen LogP contribution in [0.1, 0.15) is 41.0 Å². The number of rotatable bonds is 2. The quantitative estimate of drug-likeness (QED) is 0.690. The Morgan fingerprint density at radius 1 is 1.13 bits per heavy atom. The molecule has 0 unspecified atom stereocenters. The highest BCUT2D eigenvalue weighted by molar-refractivity contribution is 6.21. The number of hydrogen-bond acceptors (Lipinski definition) is 2. The number of carbonyl (C=O) groups is 2. The maximum Gasteiger partial charge on any atom is 0.261 e. The number of hydrogen-bond donors (Lipinski definition) is 0. The van der Waals surface area contributed by atoms with Crippen molar-refractivity contribution in [3.05, 3.63) is 35.4 Å². The van der Waals surface area contributed by atoms with Gasteiger partial charge in [0, 0.05) is 6.04 Å². The van der Waals surface area contributed by atoms with Crippen LogP contribution in [0.15, 0.2) is 24.3 Å². The Hall–Kier alpha value is -1.64. The normalized spacial score (nSPS) is 16.8. The van der Waals surface area contributed by atoms with E-state index in [-0.39, 0.29) is 17.9 Å². The third-order valence-electron chi connectivity index (χ3n) is 2.86. The summed E-state index contributed by atoms with van der Waals surface area (Å²) in [6, 6.07) is 6.95. The minimum Gasteiger partial charge on any atom is -0.272 e. The van der Waals surface area contributed by atoms with Gasteiger partial charge in [-0.2, -0.15) is 0 Å². The molecule has 3 nitrogen and oxygen atoms in total. The largest absolute Gasteiger partial charge is 0.272 e. The van der Waals surface area contributed by atoms with Gasteiger partial charge in [0.2, 0.25) is 0 Å². The van der Waals surface area contributed by atoms with Crippen LogP contribution in [0.25, 0.3) is 0 Å². The monoisotopic (exact) mass is 203 g/mol. The van der Waals surface area contributed by atoms with E-state index in [2.05, 4.69) is 0 Å². The fourth-order valence-corrected chi connectivity index (χ4v) is 1.79. The summed E-state index contributed by atoms with van der Waals surface area (Å²) in [7, 11) is 0. The molecule has 1 heterocycles. The van der Waals surface area contributed by atoms with Crippen molar-refractivity contribution >= 4 is 11.8 Å². The van der Waals surface area contributed by atoms with Crippen LogP contribution in [-0.4, -0.2) is 22.8 Å². The molecule has 0 aliphatic carbocycles. The van der Waals surface area contributed by atoms with Crippen molar-refractivity contribution in [2.45, 2.75) is 26.3 Å². The smallest absolute Gasteiger partial charge is 0.261 e. The van der Waals surface area contributed by atoms with Gasteiger partial charge in [0.1, 0.15) is 0 Å². The second-order valence-corrected chi connectivity index (χ2v) is 3.78. The molecule has 2 rings (SSSR count). The van der Waals surface area contributed by atoms with E-state index >= 15 is 0 Å². The van der Waals surface area contributed by atoms with Gasteiger partial charge in [-0.25, -0.2) is 0 Å². The summed E-state index contributed by atoms with van der Waals surface area (Å²) in [5, 5.41) is 0. The number of benzene rings is 1. The first-order chi connectivity index (χ1) is 7.16. The zero-order valence-electron chi connectivity index (χ0n) is 8.86. The van der Waals surface area contributed by atoms with Gasteiger partial charge in [0.05, 0.1) is 11.1 Å². The molecular formula is C12H13NO2. The molecule has 0 fully saturated rings. The zero-order valence-corrected chi connectivity index (χ0v) is 8.86. The van der Waals surface area contributed by atoms with Crippen LogP contribution in [0.4, 0.5) is 0 Å². The highest BCUT2D eigenvalue weighted by atomic mass is 16.2. The fraction of sp³-hybridized carbons (Fsp3) is 0.333. The summed E-state index contributed by atoms with van der Waals surface area (Å²) < 4.78 is 0. The van der Waals surface area contributed by atoms with Crippen LogP contribution >= 0.6 is 0 Å². The summed E-state index contributed by atoms with van der Waals surface area (Å²) in [5.74, 6) is -0.324. The molecule has 0 N–H and O–H groups in total. The lowest BCUT2D eigenvalue weighted by Crippen LogP contribution is -2.37. The minimum atomic E-state index is -0.162. The average molecular weight is 203 g/mol. The Bertz CT molecular complexity index is 390. The topological polar surface area (TPSA) is 37.4 Å². The van der Waals surface area contributed by atoms with Gasteiger partial charge in [0.25, 0.3) is 11.8 Å². The van der Waals surface area contributed by atoms with Crippen molar-refractivity contribution in [3.8, 4) is 0 Å².